The maximum Gasteiger partial charge on any atom is 0.158 e. The molecule has 3 N–H and O–H groups in total. The number of rotatable bonds is 1. The van der Waals surface area contributed by atoms with Crippen LogP contribution in [0.3, 0.4) is 0 Å². The van der Waals surface area contributed by atoms with Crippen molar-refractivity contribution in [3.05, 3.63) is 40.9 Å². The molecule has 0 aliphatic carbocycles. The summed E-state index contributed by atoms with van der Waals surface area (Å²) < 4.78 is 0.907. The number of H-pyrrole nitrogens is 1. The Morgan fingerprint density at radius 1 is 1.18 bits per heavy atom. The third kappa shape index (κ3) is 1.68. The lowest BCUT2D eigenvalue weighted by Gasteiger charge is -2.03. The van der Waals surface area contributed by atoms with Gasteiger partial charge in [-0.2, -0.15) is 5.10 Å². The number of aromatic amines is 1. The number of nitrogens with one attached hydrogen (secondary N) is 1. The zero-order chi connectivity index (χ0) is 11.8. The third-order valence-electron chi connectivity index (χ3n) is 2.58. The number of hydrogen-bond donors (Lipinski definition) is 2. The minimum absolute atomic E-state index is 0.466. The Kier molecular flexibility index (Phi) is 2.33. The topological polar surface area (TPSA) is 67.6 Å². The Morgan fingerprint density at radius 2 is 1.94 bits per heavy atom. The Hall–Kier alpha value is -1.88. The van der Waals surface area contributed by atoms with Gasteiger partial charge in [0.25, 0.3) is 0 Å². The summed E-state index contributed by atoms with van der Waals surface area (Å²) in [5.41, 5.74) is 8.36. The van der Waals surface area contributed by atoms with Crippen molar-refractivity contribution in [3.63, 3.8) is 0 Å². The highest BCUT2D eigenvalue weighted by molar-refractivity contribution is 9.10. The van der Waals surface area contributed by atoms with E-state index < -0.39 is 0 Å². The van der Waals surface area contributed by atoms with Crippen LogP contribution in [0.25, 0.3) is 22.3 Å². The van der Waals surface area contributed by atoms with Crippen LogP contribution in [-0.2, 0) is 0 Å². The van der Waals surface area contributed by atoms with Crippen LogP contribution < -0.4 is 5.73 Å². The van der Waals surface area contributed by atoms with Crippen molar-refractivity contribution in [1.82, 2.24) is 15.2 Å². The van der Waals surface area contributed by atoms with Crippen molar-refractivity contribution in [3.8, 4) is 11.3 Å². The largest absolute Gasteiger partial charge is 0.382 e. The summed E-state index contributed by atoms with van der Waals surface area (Å²) in [6, 6.07) is 11.9. The predicted octanol–water partition coefficient (Wildman–Crippen LogP) is 2.97. The fraction of sp³-hybridized carbons (Fsp3) is 0. The van der Waals surface area contributed by atoms with Gasteiger partial charge in [0, 0.05) is 10.0 Å². The van der Waals surface area contributed by atoms with E-state index in [0.717, 1.165) is 21.1 Å². The molecule has 0 fully saturated rings. The summed E-state index contributed by atoms with van der Waals surface area (Å²) >= 11 is 3.51. The van der Waals surface area contributed by atoms with Gasteiger partial charge < -0.3 is 5.73 Å². The second-order valence-corrected chi connectivity index (χ2v) is 4.54. The summed E-state index contributed by atoms with van der Waals surface area (Å²) in [6.45, 7) is 0. The van der Waals surface area contributed by atoms with Crippen LogP contribution in [0.5, 0.6) is 0 Å². The first-order valence-corrected chi connectivity index (χ1v) is 5.90. The van der Waals surface area contributed by atoms with Crippen LogP contribution in [0.2, 0.25) is 0 Å². The summed E-state index contributed by atoms with van der Waals surface area (Å²) in [4.78, 5) is 4.52. The van der Waals surface area contributed by atoms with Gasteiger partial charge in [-0.3, -0.25) is 5.10 Å². The van der Waals surface area contributed by atoms with E-state index in [1.165, 1.54) is 0 Å². The van der Waals surface area contributed by atoms with Crippen LogP contribution in [-0.4, -0.2) is 15.2 Å². The van der Waals surface area contributed by atoms with Crippen LogP contribution >= 0.6 is 15.9 Å². The van der Waals surface area contributed by atoms with Gasteiger partial charge in [-0.05, 0) is 22.0 Å². The van der Waals surface area contributed by atoms with Crippen molar-refractivity contribution in [2.45, 2.75) is 0 Å². The first-order valence-electron chi connectivity index (χ1n) is 5.11. The number of fused-ring (bicyclic) bond motifs is 1. The average molecular weight is 289 g/mol. The Morgan fingerprint density at radius 3 is 2.71 bits per heavy atom. The minimum atomic E-state index is 0.466. The molecule has 17 heavy (non-hydrogen) atoms. The molecular formula is C12H9BrN4. The lowest BCUT2D eigenvalue weighted by Crippen LogP contribution is -1.88. The van der Waals surface area contributed by atoms with Crippen LogP contribution in [0.4, 0.5) is 5.82 Å². The number of nitrogens with two attached hydrogens (primary N) is 1. The van der Waals surface area contributed by atoms with E-state index in [-0.39, 0.29) is 0 Å². The highest BCUT2D eigenvalue weighted by Crippen LogP contribution is 2.30. The first-order chi connectivity index (χ1) is 8.25. The first kappa shape index (κ1) is 10.3. The molecule has 0 unspecified atom stereocenters. The van der Waals surface area contributed by atoms with Crippen LogP contribution in [0, 0.1) is 0 Å². The van der Waals surface area contributed by atoms with Gasteiger partial charge in [-0.25, -0.2) is 4.98 Å². The maximum absolute atomic E-state index is 5.73. The van der Waals surface area contributed by atoms with Crippen molar-refractivity contribution in [1.29, 1.82) is 0 Å². The number of halogens is 1. The maximum atomic E-state index is 5.73. The van der Waals surface area contributed by atoms with Crippen molar-refractivity contribution in [2.24, 2.45) is 0 Å². The molecule has 0 radical (unpaired) electrons. The number of aromatic nitrogens is 3. The fourth-order valence-corrected chi connectivity index (χ4v) is 2.29. The summed E-state index contributed by atoms with van der Waals surface area (Å²) in [7, 11) is 0. The van der Waals surface area contributed by atoms with E-state index in [1.807, 2.05) is 36.4 Å². The molecule has 5 heteroatoms. The fourth-order valence-electron chi connectivity index (χ4n) is 1.74. The second kappa shape index (κ2) is 3.85. The van der Waals surface area contributed by atoms with Crippen molar-refractivity contribution >= 4 is 32.8 Å². The SMILES string of the molecule is Nc1n[nH]c2nc(-c3ccccc3)c(Br)cc12. The van der Waals surface area contributed by atoms with Gasteiger partial charge in [-0.15, -0.1) is 0 Å². The third-order valence-corrected chi connectivity index (χ3v) is 3.19. The van der Waals surface area contributed by atoms with E-state index >= 15 is 0 Å². The molecule has 0 spiro atoms. The molecular weight excluding hydrogens is 280 g/mol. The van der Waals surface area contributed by atoms with Gasteiger partial charge in [0.1, 0.15) is 0 Å². The quantitative estimate of drug-likeness (QED) is 0.723. The molecule has 3 aromatic rings. The summed E-state index contributed by atoms with van der Waals surface area (Å²) in [6.07, 6.45) is 0. The number of hydrogen-bond acceptors (Lipinski definition) is 3. The number of pyridine rings is 1. The predicted molar refractivity (Wildman–Crippen MR) is 71.4 cm³/mol. The normalized spacial score (nSPS) is 10.9. The van der Waals surface area contributed by atoms with Crippen LogP contribution in [0.15, 0.2) is 40.9 Å². The number of nitrogen functional groups attached to an aromatic ring is 1. The zero-order valence-corrected chi connectivity index (χ0v) is 10.4. The minimum Gasteiger partial charge on any atom is -0.382 e. The number of benzene rings is 1. The standard InChI is InChI=1S/C12H9BrN4/c13-9-6-8-11(14)16-17-12(8)15-10(9)7-4-2-1-3-5-7/h1-6H,(H3,14,15,16,17). The molecule has 0 saturated heterocycles. The van der Waals surface area contributed by atoms with Gasteiger partial charge in [0.15, 0.2) is 11.5 Å². The summed E-state index contributed by atoms with van der Waals surface area (Å²) in [5.74, 6) is 0.466. The van der Waals surface area contributed by atoms with E-state index in [4.69, 9.17) is 5.73 Å². The Labute approximate surface area is 106 Å². The van der Waals surface area contributed by atoms with Gasteiger partial charge in [-0.1, -0.05) is 30.3 Å². The van der Waals surface area contributed by atoms with E-state index in [0.29, 0.717) is 11.5 Å². The van der Waals surface area contributed by atoms with Gasteiger partial charge in [0.05, 0.1) is 11.1 Å². The molecule has 4 nitrogen and oxygen atoms in total. The smallest absolute Gasteiger partial charge is 0.158 e. The molecule has 2 aromatic heterocycles. The molecule has 0 aliphatic heterocycles. The molecule has 0 aliphatic rings. The second-order valence-electron chi connectivity index (χ2n) is 3.69. The molecule has 0 atom stereocenters. The van der Waals surface area contributed by atoms with Crippen molar-refractivity contribution in [2.75, 3.05) is 5.73 Å². The number of nitrogens with zero attached hydrogens (tertiary/aromatic N) is 2. The Bertz CT molecular complexity index is 676. The van der Waals surface area contributed by atoms with Crippen molar-refractivity contribution < 1.29 is 0 Å². The highest BCUT2D eigenvalue weighted by atomic mass is 79.9. The van der Waals surface area contributed by atoms with E-state index in [9.17, 15) is 0 Å². The molecule has 0 bridgehead atoms. The lowest BCUT2D eigenvalue weighted by molar-refractivity contribution is 1.10. The molecule has 3 rings (SSSR count). The lowest BCUT2D eigenvalue weighted by atomic mass is 10.1. The monoisotopic (exact) mass is 288 g/mol. The van der Waals surface area contributed by atoms with Gasteiger partial charge in [0.2, 0.25) is 0 Å². The average Bonchev–Trinajstić information content (AvgIpc) is 2.71. The van der Waals surface area contributed by atoms with Crippen LogP contribution in [0.1, 0.15) is 0 Å². The van der Waals surface area contributed by atoms with E-state index in [1.54, 1.807) is 0 Å². The Balaban J connectivity index is 2.27. The zero-order valence-electron chi connectivity index (χ0n) is 8.81. The summed E-state index contributed by atoms with van der Waals surface area (Å²) in [5, 5.41) is 7.59. The molecule has 0 amide bonds. The molecule has 2 heterocycles. The van der Waals surface area contributed by atoms with Gasteiger partial charge >= 0.3 is 0 Å². The van der Waals surface area contributed by atoms with E-state index in [2.05, 4.69) is 31.1 Å². The molecule has 84 valence electrons. The highest BCUT2D eigenvalue weighted by Gasteiger charge is 2.10. The molecule has 1 aromatic carbocycles. The molecule has 0 saturated carbocycles. The number of anilines is 1.